The first-order valence-corrected chi connectivity index (χ1v) is 4.87. The van der Waals surface area contributed by atoms with Crippen LogP contribution in [-0.2, 0) is 0 Å². The number of hydrogen-bond acceptors (Lipinski definition) is 4. The largest absolute Gasteiger partial charge is 0.393 e. The number of rotatable bonds is 4. The highest BCUT2D eigenvalue weighted by atomic mass is 79.9. The van der Waals surface area contributed by atoms with E-state index in [0.29, 0.717) is 13.0 Å². The molecule has 1 aromatic heterocycles. The third-order valence-electron chi connectivity index (χ3n) is 1.50. The number of aliphatic hydroxyl groups is 1. The van der Waals surface area contributed by atoms with E-state index in [2.05, 4.69) is 31.2 Å². The lowest BCUT2D eigenvalue weighted by atomic mass is 10.3. The molecule has 0 bridgehead atoms. The van der Waals surface area contributed by atoms with E-state index in [1.165, 1.54) is 6.33 Å². The van der Waals surface area contributed by atoms with Crippen LogP contribution in [-0.4, -0.2) is 27.7 Å². The summed E-state index contributed by atoms with van der Waals surface area (Å²) in [6.45, 7) is 2.47. The molecule has 2 N–H and O–H groups in total. The van der Waals surface area contributed by atoms with Crippen LogP contribution in [0.2, 0.25) is 0 Å². The molecule has 1 atom stereocenters. The van der Waals surface area contributed by atoms with Crippen molar-refractivity contribution in [2.45, 2.75) is 19.4 Å². The summed E-state index contributed by atoms with van der Waals surface area (Å²) in [5, 5.41) is 12.1. The van der Waals surface area contributed by atoms with Crippen LogP contribution in [0.3, 0.4) is 0 Å². The van der Waals surface area contributed by atoms with E-state index in [9.17, 15) is 0 Å². The molecular weight excluding hydrogens is 234 g/mol. The molecule has 1 heterocycles. The summed E-state index contributed by atoms with van der Waals surface area (Å²) >= 11 is 3.24. The average molecular weight is 246 g/mol. The second-order valence-corrected chi connectivity index (χ2v) is 3.60. The minimum absolute atomic E-state index is 0.280. The van der Waals surface area contributed by atoms with E-state index in [4.69, 9.17) is 5.11 Å². The van der Waals surface area contributed by atoms with Crippen LogP contribution in [0.4, 0.5) is 5.82 Å². The van der Waals surface area contributed by atoms with Crippen LogP contribution in [0.15, 0.2) is 17.0 Å². The van der Waals surface area contributed by atoms with E-state index in [0.717, 1.165) is 10.4 Å². The number of hydrogen-bond donors (Lipinski definition) is 2. The van der Waals surface area contributed by atoms with Gasteiger partial charge < -0.3 is 10.4 Å². The van der Waals surface area contributed by atoms with Gasteiger partial charge in [-0.3, -0.25) is 0 Å². The van der Waals surface area contributed by atoms with Crippen LogP contribution in [0, 0.1) is 0 Å². The third-order valence-corrected chi connectivity index (χ3v) is 1.94. The molecule has 5 heteroatoms. The molecule has 0 saturated heterocycles. The zero-order valence-electron chi connectivity index (χ0n) is 7.37. The van der Waals surface area contributed by atoms with Gasteiger partial charge in [0.1, 0.15) is 16.7 Å². The summed E-state index contributed by atoms with van der Waals surface area (Å²) in [6, 6.07) is 1.79. The van der Waals surface area contributed by atoms with Gasteiger partial charge in [0, 0.05) is 12.6 Å². The monoisotopic (exact) mass is 245 g/mol. The van der Waals surface area contributed by atoms with Gasteiger partial charge >= 0.3 is 0 Å². The second-order valence-electron chi connectivity index (χ2n) is 2.79. The van der Waals surface area contributed by atoms with Gasteiger partial charge in [-0.15, -0.1) is 0 Å². The lowest BCUT2D eigenvalue weighted by Crippen LogP contribution is -2.10. The predicted octanol–water partition coefficient (Wildman–Crippen LogP) is 1.42. The van der Waals surface area contributed by atoms with Crippen LogP contribution in [0.25, 0.3) is 0 Å². The van der Waals surface area contributed by atoms with E-state index in [1.54, 1.807) is 13.0 Å². The quantitative estimate of drug-likeness (QED) is 0.789. The first-order chi connectivity index (χ1) is 6.18. The van der Waals surface area contributed by atoms with Gasteiger partial charge in [0.05, 0.1) is 6.10 Å². The van der Waals surface area contributed by atoms with Crippen molar-refractivity contribution in [3.8, 4) is 0 Å². The standard InChI is InChI=1S/C8H12BrN3O/c1-6(13)2-3-10-8-4-7(9)11-5-12-8/h4-6,13H,2-3H2,1H3,(H,10,11,12). The van der Waals surface area contributed by atoms with Crippen molar-refractivity contribution >= 4 is 21.7 Å². The number of nitrogens with zero attached hydrogens (tertiary/aromatic N) is 2. The molecule has 1 aromatic rings. The Hall–Kier alpha value is -0.680. The predicted molar refractivity (Wildman–Crippen MR) is 54.5 cm³/mol. The summed E-state index contributed by atoms with van der Waals surface area (Å²) < 4.78 is 0.752. The maximum Gasteiger partial charge on any atom is 0.130 e. The number of aliphatic hydroxyl groups excluding tert-OH is 1. The summed E-state index contributed by atoms with van der Waals surface area (Å²) in [6.07, 6.45) is 1.91. The Labute approximate surface area is 85.5 Å². The molecule has 4 nitrogen and oxygen atoms in total. The Morgan fingerprint density at radius 3 is 3.00 bits per heavy atom. The maximum atomic E-state index is 9.00. The lowest BCUT2D eigenvalue weighted by Gasteiger charge is -2.06. The van der Waals surface area contributed by atoms with Crippen LogP contribution < -0.4 is 5.32 Å². The van der Waals surface area contributed by atoms with Crippen molar-refractivity contribution in [1.82, 2.24) is 9.97 Å². The van der Waals surface area contributed by atoms with Crippen molar-refractivity contribution < 1.29 is 5.11 Å². The molecule has 1 unspecified atom stereocenters. The van der Waals surface area contributed by atoms with Gasteiger partial charge in [-0.25, -0.2) is 9.97 Å². The van der Waals surface area contributed by atoms with Crippen molar-refractivity contribution in [2.75, 3.05) is 11.9 Å². The van der Waals surface area contributed by atoms with Crippen LogP contribution >= 0.6 is 15.9 Å². The zero-order chi connectivity index (χ0) is 9.68. The van der Waals surface area contributed by atoms with Crippen molar-refractivity contribution in [2.24, 2.45) is 0 Å². The van der Waals surface area contributed by atoms with E-state index >= 15 is 0 Å². The van der Waals surface area contributed by atoms with Crippen molar-refractivity contribution in [3.63, 3.8) is 0 Å². The van der Waals surface area contributed by atoms with Gasteiger partial charge in [0.25, 0.3) is 0 Å². The molecule has 0 amide bonds. The molecule has 72 valence electrons. The van der Waals surface area contributed by atoms with Gasteiger partial charge in [0.2, 0.25) is 0 Å². The fourth-order valence-electron chi connectivity index (χ4n) is 0.839. The molecular formula is C8H12BrN3O. The number of anilines is 1. The van der Waals surface area contributed by atoms with Crippen molar-refractivity contribution in [1.29, 1.82) is 0 Å². The third kappa shape index (κ3) is 4.19. The molecule has 0 aromatic carbocycles. The highest BCUT2D eigenvalue weighted by Gasteiger charge is 1.97. The van der Waals surface area contributed by atoms with Crippen LogP contribution in [0.1, 0.15) is 13.3 Å². The molecule has 0 aliphatic heterocycles. The second kappa shape index (κ2) is 5.14. The highest BCUT2D eigenvalue weighted by molar-refractivity contribution is 9.10. The molecule has 0 saturated carbocycles. The minimum atomic E-state index is -0.280. The highest BCUT2D eigenvalue weighted by Crippen LogP contribution is 2.09. The van der Waals surface area contributed by atoms with Crippen molar-refractivity contribution in [3.05, 3.63) is 17.0 Å². The number of aromatic nitrogens is 2. The topological polar surface area (TPSA) is 58.0 Å². The Bertz CT molecular complexity index is 267. The Kier molecular flexibility index (Phi) is 4.11. The molecule has 0 fully saturated rings. The first kappa shape index (κ1) is 10.4. The smallest absolute Gasteiger partial charge is 0.130 e. The van der Waals surface area contributed by atoms with Gasteiger partial charge in [-0.2, -0.15) is 0 Å². The number of halogens is 1. The van der Waals surface area contributed by atoms with Crippen LogP contribution in [0.5, 0.6) is 0 Å². The fraction of sp³-hybridized carbons (Fsp3) is 0.500. The Morgan fingerprint density at radius 1 is 1.62 bits per heavy atom. The Morgan fingerprint density at radius 2 is 2.38 bits per heavy atom. The molecule has 0 aliphatic rings. The van der Waals surface area contributed by atoms with E-state index in [-0.39, 0.29) is 6.10 Å². The summed E-state index contributed by atoms with van der Waals surface area (Å²) in [7, 11) is 0. The zero-order valence-corrected chi connectivity index (χ0v) is 8.95. The van der Waals surface area contributed by atoms with Gasteiger partial charge in [0.15, 0.2) is 0 Å². The normalized spacial score (nSPS) is 12.5. The van der Waals surface area contributed by atoms with Gasteiger partial charge in [-0.05, 0) is 29.3 Å². The minimum Gasteiger partial charge on any atom is -0.393 e. The SMILES string of the molecule is CC(O)CCNc1cc(Br)ncn1. The van der Waals surface area contributed by atoms with Gasteiger partial charge in [-0.1, -0.05) is 0 Å². The molecule has 13 heavy (non-hydrogen) atoms. The fourth-order valence-corrected chi connectivity index (χ4v) is 1.15. The average Bonchev–Trinajstić information content (AvgIpc) is 2.03. The first-order valence-electron chi connectivity index (χ1n) is 4.08. The summed E-state index contributed by atoms with van der Waals surface area (Å²) in [5.74, 6) is 0.766. The van der Waals surface area contributed by atoms with E-state index in [1.807, 2.05) is 0 Å². The summed E-state index contributed by atoms with van der Waals surface area (Å²) in [5.41, 5.74) is 0. The maximum absolute atomic E-state index is 9.00. The lowest BCUT2D eigenvalue weighted by molar-refractivity contribution is 0.188. The molecule has 0 radical (unpaired) electrons. The Balaban J connectivity index is 2.37. The molecule has 0 aliphatic carbocycles. The molecule has 0 spiro atoms. The summed E-state index contributed by atoms with van der Waals surface area (Å²) in [4.78, 5) is 7.90. The van der Waals surface area contributed by atoms with E-state index < -0.39 is 0 Å². The number of nitrogens with one attached hydrogen (secondary N) is 1. The molecule has 1 rings (SSSR count).